The first-order valence-corrected chi connectivity index (χ1v) is 6.63. The second-order valence-corrected chi connectivity index (χ2v) is 4.84. The lowest BCUT2D eigenvalue weighted by Crippen LogP contribution is -2.29. The van der Waals surface area contributed by atoms with Gasteiger partial charge in [0, 0.05) is 18.0 Å². The third kappa shape index (κ3) is 3.54. The van der Waals surface area contributed by atoms with Crippen molar-refractivity contribution in [2.45, 2.75) is 26.3 Å². The smallest absolute Gasteiger partial charge is 0.272 e. The second-order valence-electron chi connectivity index (χ2n) is 4.84. The molecule has 0 aliphatic carbocycles. The van der Waals surface area contributed by atoms with Gasteiger partial charge in [0.1, 0.15) is 0 Å². The maximum atomic E-state index is 12.0. The lowest BCUT2D eigenvalue weighted by Gasteiger charge is -2.08. The summed E-state index contributed by atoms with van der Waals surface area (Å²) in [6.45, 7) is 5.77. The maximum absolute atomic E-state index is 12.0. The predicted octanol–water partition coefficient (Wildman–Crippen LogP) is 1.68. The van der Waals surface area contributed by atoms with Gasteiger partial charge >= 0.3 is 0 Å². The largest absolute Gasteiger partial charge is 0.351 e. The van der Waals surface area contributed by atoms with Crippen LogP contribution in [0, 0.1) is 0 Å². The Bertz CT molecular complexity index is 547. The number of carbonyl (C=O) groups is 1. The van der Waals surface area contributed by atoms with Crippen LogP contribution in [-0.2, 0) is 0 Å². The minimum Gasteiger partial charge on any atom is -0.351 e. The highest BCUT2D eigenvalue weighted by molar-refractivity contribution is 6.04. The predicted molar refractivity (Wildman–Crippen MR) is 76.2 cm³/mol. The summed E-state index contributed by atoms with van der Waals surface area (Å²) in [6, 6.07) is 8.10. The van der Waals surface area contributed by atoms with E-state index in [0.29, 0.717) is 18.3 Å². The number of aromatic nitrogens is 2. The van der Waals surface area contributed by atoms with Crippen LogP contribution in [-0.4, -0.2) is 35.2 Å². The van der Waals surface area contributed by atoms with Gasteiger partial charge in [-0.2, -0.15) is 5.10 Å². The Morgan fingerprint density at radius 3 is 2.89 bits per heavy atom. The molecule has 0 bridgehead atoms. The zero-order valence-electron chi connectivity index (χ0n) is 11.4. The van der Waals surface area contributed by atoms with Crippen molar-refractivity contribution < 1.29 is 4.79 Å². The quantitative estimate of drug-likeness (QED) is 0.692. The zero-order chi connectivity index (χ0) is 13.7. The number of benzene rings is 1. The molecule has 0 radical (unpaired) electrons. The van der Waals surface area contributed by atoms with E-state index >= 15 is 0 Å². The van der Waals surface area contributed by atoms with Gasteiger partial charge in [-0.15, -0.1) is 0 Å². The first-order chi connectivity index (χ1) is 9.18. The number of H-pyrrole nitrogens is 1. The Morgan fingerprint density at radius 1 is 1.32 bits per heavy atom. The minimum atomic E-state index is -0.123. The molecule has 0 unspecified atom stereocenters. The van der Waals surface area contributed by atoms with Crippen molar-refractivity contribution in [1.82, 2.24) is 20.8 Å². The molecule has 0 saturated heterocycles. The van der Waals surface area contributed by atoms with E-state index in [4.69, 9.17) is 0 Å². The first-order valence-electron chi connectivity index (χ1n) is 6.63. The number of hydrogen-bond acceptors (Lipinski definition) is 3. The molecule has 3 N–H and O–H groups in total. The third-order valence-corrected chi connectivity index (χ3v) is 2.88. The highest BCUT2D eigenvalue weighted by Gasteiger charge is 2.12. The van der Waals surface area contributed by atoms with Crippen LogP contribution >= 0.6 is 0 Å². The molecule has 5 nitrogen and oxygen atoms in total. The van der Waals surface area contributed by atoms with E-state index in [-0.39, 0.29) is 5.91 Å². The van der Waals surface area contributed by atoms with Crippen LogP contribution in [0.5, 0.6) is 0 Å². The molecule has 1 aromatic heterocycles. The van der Waals surface area contributed by atoms with E-state index in [1.165, 1.54) is 0 Å². The number of aromatic amines is 1. The number of rotatable bonds is 6. The summed E-state index contributed by atoms with van der Waals surface area (Å²) >= 11 is 0. The molecule has 19 heavy (non-hydrogen) atoms. The number of fused-ring (bicyclic) bond motifs is 1. The Kier molecular flexibility index (Phi) is 4.52. The minimum absolute atomic E-state index is 0.123. The van der Waals surface area contributed by atoms with Crippen LogP contribution in [0.2, 0.25) is 0 Å². The van der Waals surface area contributed by atoms with Gasteiger partial charge in [0.25, 0.3) is 5.91 Å². The van der Waals surface area contributed by atoms with E-state index in [1.54, 1.807) is 0 Å². The van der Waals surface area contributed by atoms with Crippen molar-refractivity contribution in [3.05, 3.63) is 30.0 Å². The molecule has 0 atom stereocenters. The highest BCUT2D eigenvalue weighted by Crippen LogP contribution is 2.14. The molecule has 2 rings (SSSR count). The Hall–Kier alpha value is -1.88. The summed E-state index contributed by atoms with van der Waals surface area (Å²) in [5, 5.41) is 14.0. The van der Waals surface area contributed by atoms with Gasteiger partial charge in [-0.3, -0.25) is 9.89 Å². The van der Waals surface area contributed by atoms with Crippen molar-refractivity contribution in [2.75, 3.05) is 13.1 Å². The summed E-state index contributed by atoms with van der Waals surface area (Å²) < 4.78 is 0. The molecule has 0 aliphatic heterocycles. The molecule has 1 heterocycles. The van der Waals surface area contributed by atoms with Crippen molar-refractivity contribution >= 4 is 16.8 Å². The molecule has 0 spiro atoms. The molecule has 2 aromatic rings. The Balaban J connectivity index is 1.86. The fourth-order valence-corrected chi connectivity index (χ4v) is 1.90. The number of amides is 1. The fraction of sp³-hybridized carbons (Fsp3) is 0.429. The van der Waals surface area contributed by atoms with Gasteiger partial charge in [-0.05, 0) is 19.0 Å². The molecule has 0 fully saturated rings. The summed E-state index contributed by atoms with van der Waals surface area (Å²) in [5.74, 6) is -0.123. The van der Waals surface area contributed by atoms with E-state index in [2.05, 4.69) is 34.7 Å². The lowest BCUT2D eigenvalue weighted by molar-refractivity contribution is 0.0950. The number of nitrogens with one attached hydrogen (secondary N) is 3. The zero-order valence-corrected chi connectivity index (χ0v) is 11.4. The van der Waals surface area contributed by atoms with Gasteiger partial charge < -0.3 is 10.6 Å². The maximum Gasteiger partial charge on any atom is 0.272 e. The normalized spacial score (nSPS) is 11.1. The monoisotopic (exact) mass is 260 g/mol. The molecule has 0 saturated carbocycles. The van der Waals surface area contributed by atoms with E-state index in [0.717, 1.165) is 23.9 Å². The van der Waals surface area contributed by atoms with E-state index in [1.807, 2.05) is 24.3 Å². The van der Waals surface area contributed by atoms with Gasteiger partial charge in [-0.25, -0.2) is 0 Å². The van der Waals surface area contributed by atoms with Crippen LogP contribution in [0.4, 0.5) is 0 Å². The third-order valence-electron chi connectivity index (χ3n) is 2.88. The summed E-state index contributed by atoms with van der Waals surface area (Å²) in [5.41, 5.74) is 1.35. The van der Waals surface area contributed by atoms with Gasteiger partial charge in [0.05, 0.1) is 5.52 Å². The summed E-state index contributed by atoms with van der Waals surface area (Å²) in [7, 11) is 0. The van der Waals surface area contributed by atoms with Crippen LogP contribution < -0.4 is 10.6 Å². The topological polar surface area (TPSA) is 69.8 Å². The van der Waals surface area contributed by atoms with Gasteiger partial charge in [-0.1, -0.05) is 32.0 Å². The fourth-order valence-electron chi connectivity index (χ4n) is 1.90. The van der Waals surface area contributed by atoms with Crippen LogP contribution in [0.1, 0.15) is 30.8 Å². The molecule has 102 valence electrons. The van der Waals surface area contributed by atoms with Crippen LogP contribution in [0.3, 0.4) is 0 Å². The number of nitrogens with zero attached hydrogens (tertiary/aromatic N) is 1. The van der Waals surface area contributed by atoms with Crippen molar-refractivity contribution in [2.24, 2.45) is 0 Å². The number of para-hydroxylation sites is 1. The molecule has 1 amide bonds. The first kappa shape index (κ1) is 13.5. The van der Waals surface area contributed by atoms with Crippen molar-refractivity contribution in [3.8, 4) is 0 Å². The average molecular weight is 260 g/mol. The summed E-state index contributed by atoms with van der Waals surface area (Å²) in [6.07, 6.45) is 0.909. The Morgan fingerprint density at radius 2 is 2.11 bits per heavy atom. The van der Waals surface area contributed by atoms with Crippen molar-refractivity contribution in [3.63, 3.8) is 0 Å². The van der Waals surface area contributed by atoms with Crippen LogP contribution in [0.15, 0.2) is 24.3 Å². The van der Waals surface area contributed by atoms with E-state index in [9.17, 15) is 4.79 Å². The number of carbonyl (C=O) groups excluding carboxylic acids is 1. The molecule has 0 aliphatic rings. The highest BCUT2D eigenvalue weighted by atomic mass is 16.1. The van der Waals surface area contributed by atoms with E-state index < -0.39 is 0 Å². The van der Waals surface area contributed by atoms with Gasteiger partial charge in [0.15, 0.2) is 5.69 Å². The SMILES string of the molecule is CC(C)NCCCNC(=O)c1n[nH]c2ccccc12. The molecule has 5 heteroatoms. The second kappa shape index (κ2) is 6.33. The van der Waals surface area contributed by atoms with Crippen molar-refractivity contribution in [1.29, 1.82) is 0 Å². The molecular formula is C14H20N4O. The number of hydrogen-bond donors (Lipinski definition) is 3. The lowest BCUT2D eigenvalue weighted by atomic mass is 10.2. The average Bonchev–Trinajstić information content (AvgIpc) is 2.81. The van der Waals surface area contributed by atoms with Gasteiger partial charge in [0.2, 0.25) is 0 Å². The standard InChI is InChI=1S/C14H20N4O/c1-10(2)15-8-5-9-16-14(19)13-11-6-3-4-7-12(11)17-18-13/h3-4,6-7,10,15H,5,8-9H2,1-2H3,(H,16,19)(H,17,18). The summed E-state index contributed by atoms with van der Waals surface area (Å²) in [4.78, 5) is 12.0. The Labute approximate surface area is 112 Å². The molecule has 1 aromatic carbocycles. The molecular weight excluding hydrogens is 240 g/mol. The van der Waals surface area contributed by atoms with Crippen LogP contribution in [0.25, 0.3) is 10.9 Å².